The molecule has 0 aliphatic rings. The average Bonchev–Trinajstić information content (AvgIpc) is 2.16. The molecular weight excluding hydrogens is 215 g/mol. The Bertz CT molecular complexity index is 420. The van der Waals surface area contributed by atoms with Crippen LogP contribution in [0.25, 0.3) is 0 Å². The van der Waals surface area contributed by atoms with Gasteiger partial charge in [-0.25, -0.2) is 13.2 Å². The van der Waals surface area contributed by atoms with Gasteiger partial charge in [-0.3, -0.25) is 14.9 Å². The van der Waals surface area contributed by atoms with E-state index in [0.29, 0.717) is 12.1 Å². The van der Waals surface area contributed by atoms with Crippen molar-refractivity contribution >= 4 is 11.5 Å². The van der Waals surface area contributed by atoms with E-state index < -0.39 is 34.2 Å². The first-order valence-electron chi connectivity index (χ1n) is 3.70. The number of rotatable bonds is 3. The Balaban J connectivity index is 3.14. The molecule has 0 heterocycles. The maximum absolute atomic E-state index is 13.0. The summed E-state index contributed by atoms with van der Waals surface area (Å²) in [7, 11) is 0. The quantitative estimate of drug-likeness (QED) is 0.444. The van der Waals surface area contributed by atoms with Gasteiger partial charge in [0.15, 0.2) is 0 Å². The molecule has 0 saturated heterocycles. The van der Waals surface area contributed by atoms with Crippen LogP contribution in [0.4, 0.5) is 18.9 Å². The smallest absolute Gasteiger partial charge is 0.288 e. The summed E-state index contributed by atoms with van der Waals surface area (Å²) in [5.74, 6) is -3.02. The molecule has 0 aliphatic heterocycles. The molecule has 0 fully saturated rings. The van der Waals surface area contributed by atoms with Gasteiger partial charge in [0.25, 0.3) is 5.69 Å². The number of Topliss-reactive ketones (excluding diaryl/α,β-unsaturated/α-hetero) is 1. The molecule has 80 valence electrons. The summed E-state index contributed by atoms with van der Waals surface area (Å²) in [5.41, 5.74) is -1.45. The molecule has 0 unspecified atom stereocenters. The number of nitro groups is 1. The van der Waals surface area contributed by atoms with Crippen LogP contribution in [0.2, 0.25) is 0 Å². The summed E-state index contributed by atoms with van der Waals surface area (Å²) < 4.78 is 36.8. The Labute approximate surface area is 81.5 Å². The van der Waals surface area contributed by atoms with Crippen molar-refractivity contribution in [2.75, 3.05) is 0 Å². The number of hydrogen-bond donors (Lipinski definition) is 0. The Morgan fingerprint density at radius 1 is 1.40 bits per heavy atom. The Kier molecular flexibility index (Phi) is 3.03. The van der Waals surface area contributed by atoms with Crippen LogP contribution < -0.4 is 0 Å². The van der Waals surface area contributed by atoms with Crippen molar-refractivity contribution in [3.8, 4) is 0 Å². The Hall–Kier alpha value is -1.92. The molecule has 1 aromatic carbocycles. The summed E-state index contributed by atoms with van der Waals surface area (Å²) in [6.07, 6.45) is -3.33. The second-order valence-corrected chi connectivity index (χ2v) is 2.59. The van der Waals surface area contributed by atoms with Crippen LogP contribution in [0.1, 0.15) is 10.4 Å². The number of carbonyl (C=O) groups is 1. The maximum atomic E-state index is 13.0. The van der Waals surface area contributed by atoms with Crippen molar-refractivity contribution in [2.24, 2.45) is 0 Å². The molecule has 0 atom stereocenters. The van der Waals surface area contributed by atoms with Crippen molar-refractivity contribution < 1.29 is 22.9 Å². The van der Waals surface area contributed by atoms with Crippen LogP contribution in [-0.4, -0.2) is 17.1 Å². The van der Waals surface area contributed by atoms with E-state index in [0.717, 1.165) is 6.07 Å². The molecule has 0 saturated carbocycles. The molecule has 15 heavy (non-hydrogen) atoms. The molecule has 7 heteroatoms. The van der Waals surface area contributed by atoms with E-state index in [9.17, 15) is 28.1 Å². The van der Waals surface area contributed by atoms with Crippen LogP contribution in [0.15, 0.2) is 18.2 Å². The third kappa shape index (κ3) is 2.30. The monoisotopic (exact) mass is 219 g/mol. The van der Waals surface area contributed by atoms with Crippen LogP contribution in [0.3, 0.4) is 0 Å². The molecule has 0 radical (unpaired) electrons. The highest BCUT2D eigenvalue weighted by molar-refractivity contribution is 5.98. The largest absolute Gasteiger partial charge is 0.300 e. The molecule has 0 N–H and O–H groups in total. The highest BCUT2D eigenvalue weighted by atomic mass is 19.3. The summed E-state index contributed by atoms with van der Waals surface area (Å²) in [4.78, 5) is 20.0. The SMILES string of the molecule is O=C(c1ccc([N+](=O)[O-])cc1F)C(F)F. The van der Waals surface area contributed by atoms with Gasteiger partial charge in [0, 0.05) is 6.07 Å². The Morgan fingerprint density at radius 2 is 2.00 bits per heavy atom. The summed E-state index contributed by atoms with van der Waals surface area (Å²) in [5, 5.41) is 10.2. The minimum absolute atomic E-state index is 0.426. The summed E-state index contributed by atoms with van der Waals surface area (Å²) >= 11 is 0. The third-order valence-electron chi connectivity index (χ3n) is 1.63. The number of nitrogens with zero attached hydrogens (tertiary/aromatic N) is 1. The van der Waals surface area contributed by atoms with Crippen molar-refractivity contribution in [3.63, 3.8) is 0 Å². The fourth-order valence-electron chi connectivity index (χ4n) is 0.935. The molecule has 0 amide bonds. The molecule has 1 rings (SSSR count). The van der Waals surface area contributed by atoms with Crippen molar-refractivity contribution in [1.82, 2.24) is 0 Å². The number of ketones is 1. The summed E-state index contributed by atoms with van der Waals surface area (Å²) in [6.45, 7) is 0. The maximum Gasteiger partial charge on any atom is 0.300 e. The topological polar surface area (TPSA) is 60.2 Å². The molecular formula is C8H4F3NO3. The lowest BCUT2D eigenvalue weighted by Gasteiger charge is -2.00. The van der Waals surface area contributed by atoms with E-state index in [1.54, 1.807) is 0 Å². The highest BCUT2D eigenvalue weighted by Gasteiger charge is 2.22. The Morgan fingerprint density at radius 3 is 2.40 bits per heavy atom. The first kappa shape index (κ1) is 11.2. The van der Waals surface area contributed by atoms with Crippen LogP contribution in [0.5, 0.6) is 0 Å². The fraction of sp³-hybridized carbons (Fsp3) is 0.125. The minimum Gasteiger partial charge on any atom is -0.288 e. The van der Waals surface area contributed by atoms with Gasteiger partial charge in [-0.05, 0) is 6.07 Å². The molecule has 1 aromatic rings. The number of hydrogen-bond acceptors (Lipinski definition) is 3. The number of benzene rings is 1. The molecule has 0 spiro atoms. The second kappa shape index (κ2) is 4.07. The molecule has 4 nitrogen and oxygen atoms in total. The van der Waals surface area contributed by atoms with Gasteiger partial charge in [0.1, 0.15) is 5.82 Å². The summed E-state index contributed by atoms with van der Waals surface area (Å²) in [6, 6.07) is 1.89. The van der Waals surface area contributed by atoms with Crippen LogP contribution in [0, 0.1) is 15.9 Å². The number of nitro benzene ring substituents is 1. The average molecular weight is 219 g/mol. The van der Waals surface area contributed by atoms with E-state index >= 15 is 0 Å². The number of carbonyl (C=O) groups excluding carboxylic acids is 1. The molecule has 0 aromatic heterocycles. The lowest BCUT2D eigenvalue weighted by molar-refractivity contribution is -0.385. The van der Waals surface area contributed by atoms with Gasteiger partial charge in [-0.1, -0.05) is 0 Å². The van der Waals surface area contributed by atoms with Gasteiger partial charge < -0.3 is 0 Å². The van der Waals surface area contributed by atoms with Gasteiger partial charge in [-0.15, -0.1) is 0 Å². The zero-order valence-electron chi connectivity index (χ0n) is 7.12. The van der Waals surface area contributed by atoms with E-state index in [4.69, 9.17) is 0 Å². The number of non-ortho nitro benzene ring substituents is 1. The highest BCUT2D eigenvalue weighted by Crippen LogP contribution is 2.18. The predicted molar refractivity (Wildman–Crippen MR) is 43.4 cm³/mol. The van der Waals surface area contributed by atoms with E-state index in [2.05, 4.69) is 0 Å². The number of alkyl halides is 2. The van der Waals surface area contributed by atoms with Gasteiger partial charge in [-0.2, -0.15) is 0 Å². The predicted octanol–water partition coefficient (Wildman–Crippen LogP) is 2.18. The van der Waals surface area contributed by atoms with Crippen LogP contribution >= 0.6 is 0 Å². The number of halogens is 3. The normalized spacial score (nSPS) is 10.4. The molecule has 0 aliphatic carbocycles. The van der Waals surface area contributed by atoms with Crippen molar-refractivity contribution in [2.45, 2.75) is 6.43 Å². The van der Waals surface area contributed by atoms with Gasteiger partial charge >= 0.3 is 6.43 Å². The third-order valence-corrected chi connectivity index (χ3v) is 1.63. The zero-order valence-corrected chi connectivity index (χ0v) is 7.12. The van der Waals surface area contributed by atoms with E-state index in [1.165, 1.54) is 0 Å². The van der Waals surface area contributed by atoms with Crippen molar-refractivity contribution in [1.29, 1.82) is 0 Å². The minimum atomic E-state index is -3.33. The lowest BCUT2D eigenvalue weighted by Crippen LogP contribution is -2.12. The van der Waals surface area contributed by atoms with E-state index in [-0.39, 0.29) is 0 Å². The zero-order chi connectivity index (χ0) is 11.6. The van der Waals surface area contributed by atoms with Crippen LogP contribution in [-0.2, 0) is 0 Å². The van der Waals surface area contributed by atoms with Crippen molar-refractivity contribution in [3.05, 3.63) is 39.7 Å². The first-order valence-corrected chi connectivity index (χ1v) is 3.70. The standard InChI is InChI=1S/C8H4F3NO3/c9-6-3-4(12(14)15)1-2-5(6)7(13)8(10)11/h1-3,8H. The van der Waals surface area contributed by atoms with Gasteiger partial charge in [0.05, 0.1) is 16.6 Å². The van der Waals surface area contributed by atoms with Gasteiger partial charge in [0.2, 0.25) is 5.78 Å². The van der Waals surface area contributed by atoms with E-state index in [1.807, 2.05) is 0 Å². The molecule has 0 bridgehead atoms. The lowest BCUT2D eigenvalue weighted by atomic mass is 10.1. The first-order chi connectivity index (χ1) is 6.93. The second-order valence-electron chi connectivity index (χ2n) is 2.59. The fourth-order valence-corrected chi connectivity index (χ4v) is 0.935.